The van der Waals surface area contributed by atoms with Gasteiger partial charge in [-0.3, -0.25) is 0 Å². The van der Waals surface area contributed by atoms with Gasteiger partial charge in [0.05, 0.1) is 0 Å². The summed E-state index contributed by atoms with van der Waals surface area (Å²) in [6.07, 6.45) is 2.15. The molecule has 0 aliphatic carbocycles. The van der Waals surface area contributed by atoms with Gasteiger partial charge < -0.3 is 9.64 Å². The summed E-state index contributed by atoms with van der Waals surface area (Å²) in [6.45, 7) is 2.75. The molecule has 0 saturated carbocycles. The van der Waals surface area contributed by atoms with Crippen LogP contribution in [0.1, 0.15) is 16.7 Å². The second kappa shape index (κ2) is 7.43. The Kier molecular flexibility index (Phi) is 4.69. The van der Waals surface area contributed by atoms with Crippen LogP contribution in [0.5, 0.6) is 5.75 Å². The van der Waals surface area contributed by atoms with Crippen molar-refractivity contribution in [2.24, 2.45) is 0 Å². The molecule has 3 aromatic rings. The lowest BCUT2D eigenvalue weighted by Crippen LogP contribution is -2.25. The molecular formula is C23H23NO. The highest BCUT2D eigenvalue weighted by Gasteiger charge is 2.15. The molecule has 0 unspecified atom stereocenters. The van der Waals surface area contributed by atoms with Crippen LogP contribution in [-0.4, -0.2) is 13.1 Å². The largest absolute Gasteiger partial charge is 0.489 e. The summed E-state index contributed by atoms with van der Waals surface area (Å²) in [5, 5.41) is 0. The molecule has 0 amide bonds. The van der Waals surface area contributed by atoms with Gasteiger partial charge in [-0.2, -0.15) is 0 Å². The minimum Gasteiger partial charge on any atom is -0.489 e. The standard InChI is InChI=1S/C23H23NO/c1-3-7-19(8-4-1)18-25-23-12-11-20-13-15-24(16-14-21(20)17-23)22-9-5-2-6-10-22/h1-12,17H,13-16,18H2. The van der Waals surface area contributed by atoms with Crippen molar-refractivity contribution in [1.29, 1.82) is 0 Å². The SMILES string of the molecule is c1ccc(COc2ccc3c(c2)CCN(c2ccccc2)CC3)cc1. The van der Waals surface area contributed by atoms with E-state index in [9.17, 15) is 0 Å². The molecule has 2 heteroatoms. The Labute approximate surface area is 149 Å². The summed E-state index contributed by atoms with van der Waals surface area (Å²) < 4.78 is 6.00. The smallest absolute Gasteiger partial charge is 0.120 e. The zero-order valence-electron chi connectivity index (χ0n) is 14.4. The molecule has 0 N–H and O–H groups in total. The fraction of sp³-hybridized carbons (Fsp3) is 0.217. The van der Waals surface area contributed by atoms with Crippen molar-refractivity contribution in [3.05, 3.63) is 95.6 Å². The first-order valence-electron chi connectivity index (χ1n) is 8.97. The summed E-state index contributed by atoms with van der Waals surface area (Å²) in [5.41, 5.74) is 5.39. The Bertz CT molecular complexity index is 814. The maximum atomic E-state index is 6.00. The lowest BCUT2D eigenvalue weighted by molar-refractivity contribution is 0.306. The van der Waals surface area contributed by atoms with E-state index in [0.29, 0.717) is 6.61 Å². The minimum absolute atomic E-state index is 0.621. The fourth-order valence-electron chi connectivity index (χ4n) is 3.43. The van der Waals surface area contributed by atoms with Gasteiger partial charge >= 0.3 is 0 Å². The summed E-state index contributed by atoms with van der Waals surface area (Å²) in [4.78, 5) is 2.48. The first-order valence-corrected chi connectivity index (χ1v) is 8.97. The first kappa shape index (κ1) is 15.8. The number of benzene rings is 3. The van der Waals surface area contributed by atoms with Gasteiger partial charge in [0.15, 0.2) is 0 Å². The van der Waals surface area contributed by atoms with Crippen LogP contribution in [0, 0.1) is 0 Å². The van der Waals surface area contributed by atoms with Crippen LogP contribution in [0.15, 0.2) is 78.9 Å². The molecule has 0 aromatic heterocycles. The molecule has 0 fully saturated rings. The van der Waals surface area contributed by atoms with Crippen LogP contribution in [0.2, 0.25) is 0 Å². The van der Waals surface area contributed by atoms with Crippen molar-refractivity contribution in [3.63, 3.8) is 0 Å². The molecular weight excluding hydrogens is 306 g/mol. The van der Waals surface area contributed by atoms with Gasteiger partial charge in [0.2, 0.25) is 0 Å². The fourth-order valence-corrected chi connectivity index (χ4v) is 3.43. The van der Waals surface area contributed by atoms with Gasteiger partial charge in [0, 0.05) is 18.8 Å². The number of ether oxygens (including phenoxy) is 1. The van der Waals surface area contributed by atoms with Crippen molar-refractivity contribution in [2.75, 3.05) is 18.0 Å². The topological polar surface area (TPSA) is 12.5 Å². The Balaban J connectivity index is 1.44. The number of nitrogens with zero attached hydrogens (tertiary/aromatic N) is 1. The van der Waals surface area contributed by atoms with E-state index in [0.717, 1.165) is 31.7 Å². The molecule has 2 nitrogen and oxygen atoms in total. The summed E-state index contributed by atoms with van der Waals surface area (Å²) in [7, 11) is 0. The quantitative estimate of drug-likeness (QED) is 0.677. The van der Waals surface area contributed by atoms with Gasteiger partial charge in [-0.05, 0) is 53.8 Å². The molecule has 25 heavy (non-hydrogen) atoms. The van der Waals surface area contributed by atoms with E-state index >= 15 is 0 Å². The van der Waals surface area contributed by atoms with E-state index in [1.165, 1.54) is 22.4 Å². The van der Waals surface area contributed by atoms with E-state index in [4.69, 9.17) is 4.74 Å². The van der Waals surface area contributed by atoms with Crippen molar-refractivity contribution in [1.82, 2.24) is 0 Å². The molecule has 0 spiro atoms. The van der Waals surface area contributed by atoms with Crippen LogP contribution in [0.3, 0.4) is 0 Å². The molecule has 126 valence electrons. The van der Waals surface area contributed by atoms with E-state index in [1.807, 2.05) is 18.2 Å². The molecule has 1 heterocycles. The monoisotopic (exact) mass is 329 g/mol. The second-order valence-electron chi connectivity index (χ2n) is 6.53. The van der Waals surface area contributed by atoms with Gasteiger partial charge in [-0.15, -0.1) is 0 Å². The normalized spacial score (nSPS) is 13.8. The van der Waals surface area contributed by atoms with Gasteiger partial charge in [0.1, 0.15) is 12.4 Å². The number of fused-ring (bicyclic) bond motifs is 1. The molecule has 0 radical (unpaired) electrons. The van der Waals surface area contributed by atoms with Crippen molar-refractivity contribution in [2.45, 2.75) is 19.4 Å². The number of rotatable bonds is 4. The first-order chi connectivity index (χ1) is 12.4. The highest BCUT2D eigenvalue weighted by Crippen LogP contribution is 2.25. The zero-order valence-corrected chi connectivity index (χ0v) is 14.4. The van der Waals surface area contributed by atoms with Crippen LogP contribution >= 0.6 is 0 Å². The zero-order chi connectivity index (χ0) is 16.9. The van der Waals surface area contributed by atoms with Crippen molar-refractivity contribution < 1.29 is 4.74 Å². The highest BCUT2D eigenvalue weighted by atomic mass is 16.5. The number of para-hydroxylation sites is 1. The minimum atomic E-state index is 0.621. The van der Waals surface area contributed by atoms with Crippen LogP contribution < -0.4 is 9.64 Å². The number of hydrogen-bond donors (Lipinski definition) is 0. The van der Waals surface area contributed by atoms with E-state index in [1.54, 1.807) is 0 Å². The Morgan fingerprint density at radius 3 is 2.16 bits per heavy atom. The summed E-state index contributed by atoms with van der Waals surface area (Å²) in [5.74, 6) is 0.968. The Morgan fingerprint density at radius 2 is 1.40 bits per heavy atom. The van der Waals surface area contributed by atoms with Crippen molar-refractivity contribution in [3.8, 4) is 5.75 Å². The molecule has 4 rings (SSSR count). The lowest BCUT2D eigenvalue weighted by Gasteiger charge is -2.22. The molecule has 0 saturated heterocycles. The number of anilines is 1. The van der Waals surface area contributed by atoms with Gasteiger partial charge in [-0.25, -0.2) is 0 Å². The van der Waals surface area contributed by atoms with Gasteiger partial charge in [-0.1, -0.05) is 54.6 Å². The molecule has 1 aliphatic heterocycles. The third-order valence-corrected chi connectivity index (χ3v) is 4.85. The van der Waals surface area contributed by atoms with Crippen molar-refractivity contribution >= 4 is 5.69 Å². The van der Waals surface area contributed by atoms with E-state index < -0.39 is 0 Å². The Hall–Kier alpha value is -2.74. The average Bonchev–Trinajstić information content (AvgIpc) is 2.90. The lowest BCUT2D eigenvalue weighted by atomic mass is 10.0. The molecule has 3 aromatic carbocycles. The third kappa shape index (κ3) is 3.85. The molecule has 0 bridgehead atoms. The van der Waals surface area contributed by atoms with E-state index in [2.05, 4.69) is 65.6 Å². The van der Waals surface area contributed by atoms with Crippen LogP contribution in [0.4, 0.5) is 5.69 Å². The molecule has 0 atom stereocenters. The molecule has 1 aliphatic rings. The summed E-state index contributed by atoms with van der Waals surface area (Å²) >= 11 is 0. The Morgan fingerprint density at radius 1 is 0.720 bits per heavy atom. The number of hydrogen-bond acceptors (Lipinski definition) is 2. The summed E-state index contributed by atoms with van der Waals surface area (Å²) in [6, 6.07) is 27.6. The predicted octanol–water partition coefficient (Wildman–Crippen LogP) is 4.87. The predicted molar refractivity (Wildman–Crippen MR) is 103 cm³/mol. The van der Waals surface area contributed by atoms with Crippen LogP contribution in [-0.2, 0) is 19.4 Å². The van der Waals surface area contributed by atoms with E-state index in [-0.39, 0.29) is 0 Å². The average molecular weight is 329 g/mol. The third-order valence-electron chi connectivity index (χ3n) is 4.85. The van der Waals surface area contributed by atoms with Crippen LogP contribution in [0.25, 0.3) is 0 Å². The highest BCUT2D eigenvalue weighted by molar-refractivity contribution is 5.48. The second-order valence-corrected chi connectivity index (χ2v) is 6.53. The maximum Gasteiger partial charge on any atom is 0.120 e. The maximum absolute atomic E-state index is 6.00. The van der Waals surface area contributed by atoms with Gasteiger partial charge in [0.25, 0.3) is 0 Å².